The molecule has 0 fully saturated rings. The van der Waals surface area contributed by atoms with Gasteiger partial charge in [0.2, 0.25) is 0 Å². The van der Waals surface area contributed by atoms with Crippen LogP contribution in [-0.2, 0) is 4.79 Å². The molecular weight excluding hydrogens is 333 g/mol. The molecule has 0 aliphatic heterocycles. The van der Waals surface area contributed by atoms with E-state index in [2.05, 4.69) is 5.32 Å². The molecule has 0 spiro atoms. The van der Waals surface area contributed by atoms with E-state index in [4.69, 9.17) is 39.5 Å². The zero-order chi connectivity index (χ0) is 15.4. The molecule has 0 heterocycles. The van der Waals surface area contributed by atoms with Crippen molar-refractivity contribution >= 4 is 46.4 Å². The van der Waals surface area contributed by atoms with E-state index in [-0.39, 0.29) is 5.91 Å². The van der Waals surface area contributed by atoms with Gasteiger partial charge in [0.25, 0.3) is 5.91 Å². The van der Waals surface area contributed by atoms with Crippen LogP contribution in [-0.4, -0.2) is 12.0 Å². The minimum Gasteiger partial charge on any atom is -0.479 e. The van der Waals surface area contributed by atoms with Gasteiger partial charge in [-0.25, -0.2) is 0 Å². The molecule has 2 aromatic rings. The Morgan fingerprint density at radius 1 is 1.05 bits per heavy atom. The van der Waals surface area contributed by atoms with Gasteiger partial charge in [-0.3, -0.25) is 4.79 Å². The predicted molar refractivity (Wildman–Crippen MR) is 86.6 cm³/mol. The second-order valence-corrected chi connectivity index (χ2v) is 5.53. The molecule has 0 saturated carbocycles. The van der Waals surface area contributed by atoms with Gasteiger partial charge in [-0.2, -0.15) is 0 Å². The first kappa shape index (κ1) is 16.0. The Morgan fingerprint density at radius 3 is 2.43 bits per heavy atom. The van der Waals surface area contributed by atoms with Crippen molar-refractivity contribution in [3.05, 3.63) is 57.5 Å². The standard InChI is InChI=1S/C15H12Cl3NO2/c1-9(21-14-5-3-2-4-12(14)17)15(20)19-10-6-7-11(16)13(18)8-10/h2-9H,1H3,(H,19,20)/t9-/m0/s1. The maximum absolute atomic E-state index is 12.1. The zero-order valence-corrected chi connectivity index (χ0v) is 13.3. The molecule has 0 aliphatic carbocycles. The first-order valence-electron chi connectivity index (χ1n) is 6.14. The minimum absolute atomic E-state index is 0.312. The van der Waals surface area contributed by atoms with Gasteiger partial charge in [-0.1, -0.05) is 46.9 Å². The van der Waals surface area contributed by atoms with Crippen LogP contribution in [0, 0.1) is 0 Å². The van der Waals surface area contributed by atoms with Gasteiger partial charge in [0.1, 0.15) is 5.75 Å². The molecule has 0 unspecified atom stereocenters. The quantitative estimate of drug-likeness (QED) is 0.842. The highest BCUT2D eigenvalue weighted by Crippen LogP contribution is 2.26. The summed E-state index contributed by atoms with van der Waals surface area (Å²) in [4.78, 5) is 12.1. The highest BCUT2D eigenvalue weighted by molar-refractivity contribution is 6.42. The summed E-state index contributed by atoms with van der Waals surface area (Å²) in [5, 5.41) is 3.95. The van der Waals surface area contributed by atoms with Gasteiger partial charge >= 0.3 is 0 Å². The van der Waals surface area contributed by atoms with Gasteiger partial charge in [-0.05, 0) is 37.3 Å². The number of halogens is 3. The summed E-state index contributed by atoms with van der Waals surface area (Å²) in [5.41, 5.74) is 0.545. The molecule has 110 valence electrons. The summed E-state index contributed by atoms with van der Waals surface area (Å²) >= 11 is 17.7. The molecule has 3 nitrogen and oxygen atoms in total. The van der Waals surface area contributed by atoms with E-state index in [0.717, 1.165) is 0 Å². The molecule has 2 rings (SSSR count). The monoisotopic (exact) mass is 343 g/mol. The Balaban J connectivity index is 2.02. The summed E-state index contributed by atoms with van der Waals surface area (Å²) in [5.74, 6) is 0.143. The molecule has 0 aromatic heterocycles. The lowest BCUT2D eigenvalue weighted by molar-refractivity contribution is -0.122. The van der Waals surface area contributed by atoms with Gasteiger partial charge in [0.15, 0.2) is 6.10 Å². The SMILES string of the molecule is C[C@H](Oc1ccccc1Cl)C(=O)Nc1ccc(Cl)c(Cl)c1. The Bertz CT molecular complexity index is 661. The van der Waals surface area contributed by atoms with Crippen molar-refractivity contribution in [3.8, 4) is 5.75 Å². The van der Waals surface area contributed by atoms with Crippen LogP contribution in [0.15, 0.2) is 42.5 Å². The van der Waals surface area contributed by atoms with Crippen LogP contribution in [0.25, 0.3) is 0 Å². The number of carbonyl (C=O) groups excluding carboxylic acids is 1. The van der Waals surface area contributed by atoms with E-state index in [1.54, 1.807) is 49.4 Å². The number of rotatable bonds is 4. The molecule has 0 bridgehead atoms. The molecule has 2 aromatic carbocycles. The fourth-order valence-electron chi connectivity index (χ4n) is 1.60. The van der Waals surface area contributed by atoms with Crippen LogP contribution in [0.3, 0.4) is 0 Å². The van der Waals surface area contributed by atoms with Gasteiger partial charge in [0, 0.05) is 5.69 Å². The largest absolute Gasteiger partial charge is 0.479 e. The van der Waals surface area contributed by atoms with Crippen LogP contribution in [0.5, 0.6) is 5.75 Å². The summed E-state index contributed by atoms with van der Waals surface area (Å²) in [6, 6.07) is 11.8. The number of para-hydroxylation sites is 1. The Morgan fingerprint density at radius 2 is 1.76 bits per heavy atom. The maximum atomic E-state index is 12.1. The highest BCUT2D eigenvalue weighted by atomic mass is 35.5. The minimum atomic E-state index is -0.709. The second-order valence-electron chi connectivity index (χ2n) is 4.31. The summed E-state index contributed by atoms with van der Waals surface area (Å²) in [6.07, 6.45) is -0.709. The van der Waals surface area contributed by atoms with Crippen molar-refractivity contribution in [1.29, 1.82) is 0 Å². The molecule has 0 aliphatic rings. The number of ether oxygens (including phenoxy) is 1. The van der Waals surface area contributed by atoms with E-state index in [0.29, 0.717) is 26.5 Å². The van der Waals surface area contributed by atoms with E-state index in [1.807, 2.05) is 0 Å². The Kier molecular flexibility index (Phi) is 5.34. The van der Waals surface area contributed by atoms with E-state index in [9.17, 15) is 4.79 Å². The number of hydrogen-bond acceptors (Lipinski definition) is 2. The van der Waals surface area contributed by atoms with E-state index >= 15 is 0 Å². The molecule has 0 radical (unpaired) electrons. The number of carbonyl (C=O) groups is 1. The third kappa shape index (κ3) is 4.27. The van der Waals surface area contributed by atoms with Crippen LogP contribution in [0.1, 0.15) is 6.92 Å². The summed E-state index contributed by atoms with van der Waals surface area (Å²) < 4.78 is 5.53. The van der Waals surface area contributed by atoms with Gasteiger partial charge in [-0.15, -0.1) is 0 Å². The normalized spacial score (nSPS) is 11.8. The molecule has 1 atom stereocenters. The van der Waals surface area contributed by atoms with Crippen LogP contribution < -0.4 is 10.1 Å². The van der Waals surface area contributed by atoms with E-state index in [1.165, 1.54) is 0 Å². The smallest absolute Gasteiger partial charge is 0.265 e. The highest BCUT2D eigenvalue weighted by Gasteiger charge is 2.16. The molecular formula is C15H12Cl3NO2. The third-order valence-electron chi connectivity index (χ3n) is 2.70. The molecule has 0 saturated heterocycles. The molecule has 6 heteroatoms. The summed E-state index contributed by atoms with van der Waals surface area (Å²) in [6.45, 7) is 1.64. The second kappa shape index (κ2) is 7.03. The lowest BCUT2D eigenvalue weighted by atomic mass is 10.3. The topological polar surface area (TPSA) is 38.3 Å². The van der Waals surface area contributed by atoms with Crippen molar-refractivity contribution in [1.82, 2.24) is 0 Å². The average molecular weight is 345 g/mol. The zero-order valence-electron chi connectivity index (χ0n) is 11.1. The van der Waals surface area contributed by atoms with Crippen molar-refractivity contribution in [2.45, 2.75) is 13.0 Å². The van der Waals surface area contributed by atoms with Crippen molar-refractivity contribution in [3.63, 3.8) is 0 Å². The Hall–Kier alpha value is -1.42. The fraction of sp³-hybridized carbons (Fsp3) is 0.133. The van der Waals surface area contributed by atoms with E-state index < -0.39 is 6.10 Å². The van der Waals surface area contributed by atoms with Crippen LogP contribution >= 0.6 is 34.8 Å². The number of hydrogen-bond donors (Lipinski definition) is 1. The van der Waals surface area contributed by atoms with Crippen LogP contribution in [0.2, 0.25) is 15.1 Å². The first-order valence-corrected chi connectivity index (χ1v) is 7.28. The number of benzene rings is 2. The molecule has 1 N–H and O–H groups in total. The number of amides is 1. The predicted octanol–water partition coefficient (Wildman–Crippen LogP) is 5.05. The maximum Gasteiger partial charge on any atom is 0.265 e. The van der Waals surface area contributed by atoms with Crippen LogP contribution in [0.4, 0.5) is 5.69 Å². The number of anilines is 1. The lowest BCUT2D eigenvalue weighted by Gasteiger charge is -2.15. The first-order chi connectivity index (χ1) is 9.97. The third-order valence-corrected chi connectivity index (χ3v) is 3.75. The lowest BCUT2D eigenvalue weighted by Crippen LogP contribution is -2.30. The van der Waals surface area contributed by atoms with Crippen molar-refractivity contribution in [2.24, 2.45) is 0 Å². The van der Waals surface area contributed by atoms with Crippen molar-refractivity contribution < 1.29 is 9.53 Å². The fourth-order valence-corrected chi connectivity index (χ4v) is 2.08. The molecule has 21 heavy (non-hydrogen) atoms. The van der Waals surface area contributed by atoms with Gasteiger partial charge < -0.3 is 10.1 Å². The number of nitrogens with one attached hydrogen (secondary N) is 1. The Labute approximate surface area is 137 Å². The van der Waals surface area contributed by atoms with Gasteiger partial charge in [0.05, 0.1) is 15.1 Å². The summed E-state index contributed by atoms with van der Waals surface area (Å²) in [7, 11) is 0. The molecule has 1 amide bonds. The van der Waals surface area contributed by atoms with Crippen molar-refractivity contribution in [2.75, 3.05) is 5.32 Å². The average Bonchev–Trinajstić information content (AvgIpc) is 2.45.